The van der Waals surface area contributed by atoms with Gasteiger partial charge in [0.25, 0.3) is 5.91 Å². The van der Waals surface area contributed by atoms with Gasteiger partial charge in [0.05, 0.1) is 0 Å². The van der Waals surface area contributed by atoms with Crippen LogP contribution in [0.4, 0.5) is 0 Å². The molecule has 0 aromatic carbocycles. The van der Waals surface area contributed by atoms with Gasteiger partial charge in [0.15, 0.2) is 24.0 Å². The normalized spacial score (nSPS) is 35.0. The van der Waals surface area contributed by atoms with E-state index in [1.54, 1.807) is 41.5 Å². The molecule has 0 saturated carbocycles. The van der Waals surface area contributed by atoms with Gasteiger partial charge in [-0.15, -0.1) is 0 Å². The lowest BCUT2D eigenvalue weighted by Crippen LogP contribution is -2.62. The van der Waals surface area contributed by atoms with Crippen molar-refractivity contribution < 1.29 is 43.2 Å². The van der Waals surface area contributed by atoms with Crippen molar-refractivity contribution in [2.24, 2.45) is 5.92 Å². The van der Waals surface area contributed by atoms with Gasteiger partial charge in [0.1, 0.15) is 30.4 Å². The minimum Gasteiger partial charge on any atom is -0.480 e. The maximum atomic E-state index is 13.2. The molecule has 3 heterocycles. The third kappa shape index (κ3) is 5.01. The van der Waals surface area contributed by atoms with Gasteiger partial charge in [-0.1, -0.05) is 13.8 Å². The molecule has 0 radical (unpaired) electrons. The Kier molecular flexibility index (Phi) is 6.38. The molecule has 0 aromatic heterocycles. The summed E-state index contributed by atoms with van der Waals surface area (Å²) in [4.78, 5) is 36.8. The lowest BCUT2D eigenvalue weighted by molar-refractivity contribution is -0.231. The summed E-state index contributed by atoms with van der Waals surface area (Å²) < 4.78 is 29.5. The molecule has 11 nitrogen and oxygen atoms in total. The van der Waals surface area contributed by atoms with Gasteiger partial charge in [-0.2, -0.15) is 0 Å². The minimum absolute atomic E-state index is 0.306. The van der Waals surface area contributed by atoms with E-state index in [-0.39, 0.29) is 5.92 Å². The third-order valence-corrected chi connectivity index (χ3v) is 5.39. The van der Waals surface area contributed by atoms with Gasteiger partial charge >= 0.3 is 5.97 Å². The van der Waals surface area contributed by atoms with Gasteiger partial charge in [-0.05, 0) is 40.5 Å². The molecule has 0 spiro atoms. The number of aliphatic carboxylic acids is 1. The molecule has 0 unspecified atom stereocenters. The van der Waals surface area contributed by atoms with Crippen LogP contribution in [0.25, 0.3) is 0 Å². The molecular weight excluding hydrogens is 412 g/mol. The monoisotopic (exact) mass is 444 g/mol. The lowest BCUT2D eigenvalue weighted by atomic mass is 9.97. The molecule has 3 aliphatic rings. The Morgan fingerprint density at radius 1 is 0.839 bits per heavy atom. The molecule has 3 saturated heterocycles. The number of carbonyl (C=O) groups excluding carboxylic acids is 2. The average molecular weight is 444 g/mol. The predicted octanol–water partition coefficient (Wildman–Crippen LogP) is 0.113. The highest BCUT2D eigenvalue weighted by Crippen LogP contribution is 2.44. The quantitative estimate of drug-likeness (QED) is 0.520. The van der Waals surface area contributed by atoms with Crippen molar-refractivity contribution >= 4 is 17.8 Å². The van der Waals surface area contributed by atoms with Crippen LogP contribution in [0, 0.1) is 5.92 Å². The van der Waals surface area contributed by atoms with E-state index in [1.165, 1.54) is 6.92 Å². The lowest BCUT2D eigenvalue weighted by Gasteiger charge is -2.37. The first kappa shape index (κ1) is 23.9. The first-order valence-corrected chi connectivity index (χ1v) is 10.4. The molecule has 7 atom stereocenters. The van der Waals surface area contributed by atoms with Crippen molar-refractivity contribution in [3.8, 4) is 0 Å². The fraction of sp³-hybridized carbons (Fsp3) is 0.850. The van der Waals surface area contributed by atoms with Crippen LogP contribution in [0.15, 0.2) is 0 Å². The first-order chi connectivity index (χ1) is 14.2. The molecule has 0 aromatic rings. The zero-order valence-electron chi connectivity index (χ0n) is 18.8. The maximum absolute atomic E-state index is 13.2. The number of rotatable bonds is 6. The summed E-state index contributed by atoms with van der Waals surface area (Å²) in [5.74, 6) is -4.55. The summed E-state index contributed by atoms with van der Waals surface area (Å²) in [7, 11) is 0. The van der Waals surface area contributed by atoms with Crippen molar-refractivity contribution in [1.82, 2.24) is 10.6 Å². The van der Waals surface area contributed by atoms with Crippen molar-refractivity contribution in [3.63, 3.8) is 0 Å². The zero-order valence-corrected chi connectivity index (χ0v) is 18.8. The maximum Gasteiger partial charge on any atom is 0.325 e. The molecule has 3 rings (SSSR count). The topological polar surface area (TPSA) is 142 Å². The van der Waals surface area contributed by atoms with Gasteiger partial charge in [0.2, 0.25) is 5.91 Å². The van der Waals surface area contributed by atoms with Crippen molar-refractivity contribution in [2.45, 2.75) is 103 Å². The highest BCUT2D eigenvalue weighted by molar-refractivity contribution is 5.91. The number of carboxylic acid groups (broad SMARTS) is 1. The first-order valence-electron chi connectivity index (χ1n) is 10.4. The van der Waals surface area contributed by atoms with Crippen LogP contribution < -0.4 is 10.6 Å². The van der Waals surface area contributed by atoms with E-state index in [1.807, 2.05) is 0 Å². The third-order valence-electron chi connectivity index (χ3n) is 5.39. The van der Waals surface area contributed by atoms with Crippen LogP contribution in [-0.4, -0.2) is 77.3 Å². The van der Waals surface area contributed by atoms with Crippen molar-refractivity contribution in [1.29, 1.82) is 0 Å². The Labute approximate surface area is 181 Å². The Hall–Kier alpha value is -1.79. The van der Waals surface area contributed by atoms with Gasteiger partial charge in [-0.25, -0.2) is 0 Å². The van der Waals surface area contributed by atoms with Crippen LogP contribution >= 0.6 is 0 Å². The summed E-state index contributed by atoms with van der Waals surface area (Å²) in [6, 6.07) is -2.07. The number of carbonyl (C=O) groups is 3. The highest BCUT2D eigenvalue weighted by Gasteiger charge is 2.62. The predicted molar refractivity (Wildman–Crippen MR) is 105 cm³/mol. The number of nitrogens with one attached hydrogen (secondary N) is 2. The minimum atomic E-state index is -1.17. The second-order valence-corrected chi connectivity index (χ2v) is 9.39. The molecule has 176 valence electrons. The molecule has 3 N–H and O–H groups in total. The fourth-order valence-corrected chi connectivity index (χ4v) is 3.96. The molecular formula is C20H32N2O9. The number of hydrogen-bond acceptors (Lipinski definition) is 8. The van der Waals surface area contributed by atoms with Crippen LogP contribution in [0.1, 0.15) is 48.5 Å². The Bertz CT molecular complexity index is 738. The zero-order chi connectivity index (χ0) is 23.3. The van der Waals surface area contributed by atoms with Crippen LogP contribution in [0.2, 0.25) is 0 Å². The Balaban J connectivity index is 1.77. The summed E-state index contributed by atoms with van der Waals surface area (Å²) in [6.45, 7) is 11.8. The molecule has 3 aliphatic heterocycles. The summed E-state index contributed by atoms with van der Waals surface area (Å²) >= 11 is 0. The Morgan fingerprint density at radius 2 is 1.39 bits per heavy atom. The highest BCUT2D eigenvalue weighted by atomic mass is 16.9. The van der Waals surface area contributed by atoms with E-state index < -0.39 is 72.1 Å². The smallest absolute Gasteiger partial charge is 0.325 e. The molecule has 31 heavy (non-hydrogen) atoms. The SMILES string of the molecule is CC(C)[C@H](NC(=O)[C@H]1O[C@H]2OC(C)(C)O[C@@H]2[C@H]2OC(C)(C)O[C@@H]21)C(=O)N[C@@H](C)C(=O)O. The van der Waals surface area contributed by atoms with Gasteiger partial charge in [0, 0.05) is 0 Å². The average Bonchev–Trinajstić information content (AvgIpc) is 3.11. The molecule has 2 amide bonds. The largest absolute Gasteiger partial charge is 0.480 e. The second-order valence-electron chi connectivity index (χ2n) is 9.39. The standard InChI is InChI=1S/C20H32N2O9/c1-8(2)10(15(23)21-9(3)17(25)26)22-16(24)13-11-12(29-19(4,5)28-11)14-18(27-13)31-20(6,7)30-14/h8-14,18H,1-7H3,(H,21,23)(H,22,24)(H,25,26)/t9-,10-,11-,12-,13-,14+,18-/m0/s1. The molecule has 3 fully saturated rings. The second kappa shape index (κ2) is 8.28. The summed E-state index contributed by atoms with van der Waals surface area (Å²) in [6.07, 6.45) is -3.92. The fourth-order valence-electron chi connectivity index (χ4n) is 3.96. The van der Waals surface area contributed by atoms with Crippen LogP contribution in [0.3, 0.4) is 0 Å². The summed E-state index contributed by atoms with van der Waals surface area (Å²) in [5.41, 5.74) is 0. The number of ether oxygens (including phenoxy) is 5. The number of carboxylic acids is 1. The van der Waals surface area contributed by atoms with Gasteiger partial charge < -0.3 is 39.4 Å². The number of hydrogen-bond donors (Lipinski definition) is 3. The van der Waals surface area contributed by atoms with Gasteiger partial charge in [-0.3, -0.25) is 14.4 Å². The van der Waals surface area contributed by atoms with E-state index in [0.29, 0.717) is 0 Å². The van der Waals surface area contributed by atoms with E-state index in [9.17, 15) is 14.4 Å². The van der Waals surface area contributed by atoms with Crippen LogP contribution in [-0.2, 0) is 38.1 Å². The molecule has 0 bridgehead atoms. The van der Waals surface area contributed by atoms with E-state index in [0.717, 1.165) is 0 Å². The Morgan fingerprint density at radius 3 is 1.97 bits per heavy atom. The number of fused-ring (bicyclic) bond motifs is 3. The molecule has 11 heteroatoms. The van der Waals surface area contributed by atoms with E-state index in [4.69, 9.17) is 28.8 Å². The van der Waals surface area contributed by atoms with Crippen molar-refractivity contribution in [3.05, 3.63) is 0 Å². The summed E-state index contributed by atoms with van der Waals surface area (Å²) in [5, 5.41) is 14.1. The van der Waals surface area contributed by atoms with Crippen LogP contribution in [0.5, 0.6) is 0 Å². The van der Waals surface area contributed by atoms with E-state index >= 15 is 0 Å². The van der Waals surface area contributed by atoms with Crippen molar-refractivity contribution in [2.75, 3.05) is 0 Å². The van der Waals surface area contributed by atoms with E-state index in [2.05, 4.69) is 10.6 Å². The number of amides is 2. The molecule has 0 aliphatic carbocycles.